The summed E-state index contributed by atoms with van der Waals surface area (Å²) in [6, 6.07) is 6.37. The molecule has 1 aromatic carbocycles. The molecule has 0 fully saturated rings. The van der Waals surface area contributed by atoms with Gasteiger partial charge in [0.25, 0.3) is 5.91 Å². The average molecular weight is 363 g/mol. The van der Waals surface area contributed by atoms with Gasteiger partial charge in [-0.1, -0.05) is 32.9 Å². The molecule has 0 spiro atoms. The molecule has 0 heterocycles. The first-order valence-electron chi connectivity index (χ1n) is 7.53. The maximum absolute atomic E-state index is 12.5. The van der Waals surface area contributed by atoms with Crippen molar-refractivity contribution in [3.8, 4) is 0 Å². The summed E-state index contributed by atoms with van der Waals surface area (Å²) in [4.78, 5) is 14.2. The molecular weight excluding hydrogens is 336 g/mol. The fourth-order valence-electron chi connectivity index (χ4n) is 2.05. The van der Waals surface area contributed by atoms with Gasteiger partial charge in [0.05, 0.1) is 16.2 Å². The van der Waals surface area contributed by atoms with Crippen LogP contribution in [0, 0.1) is 5.92 Å². The number of hydrogen-bond acceptors (Lipinski definition) is 4. The molecular formula is C16H27ClN2O3S. The van der Waals surface area contributed by atoms with Gasteiger partial charge in [-0.05, 0) is 24.5 Å². The van der Waals surface area contributed by atoms with Crippen LogP contribution in [0.3, 0.4) is 0 Å². The Morgan fingerprint density at radius 2 is 1.83 bits per heavy atom. The summed E-state index contributed by atoms with van der Waals surface area (Å²) < 4.78 is 24.2. The molecule has 0 aliphatic heterocycles. The highest BCUT2D eigenvalue weighted by Crippen LogP contribution is 2.19. The Bertz CT molecular complexity index is 618. The number of amides is 1. The molecule has 0 aliphatic rings. The molecule has 0 saturated heterocycles. The predicted molar refractivity (Wildman–Crippen MR) is 95.8 cm³/mol. The molecule has 0 aliphatic carbocycles. The van der Waals surface area contributed by atoms with Gasteiger partial charge in [0.1, 0.15) is 0 Å². The second kappa shape index (κ2) is 9.25. The third-order valence-electron chi connectivity index (χ3n) is 3.83. The molecule has 0 saturated carbocycles. The van der Waals surface area contributed by atoms with Crippen molar-refractivity contribution in [1.82, 2.24) is 4.90 Å². The molecule has 7 heteroatoms. The lowest BCUT2D eigenvalue weighted by atomic mass is 10.0. The molecule has 1 amide bonds. The van der Waals surface area contributed by atoms with E-state index in [1.165, 1.54) is 11.0 Å². The number of carbonyl (C=O) groups excluding carboxylic acids is 1. The van der Waals surface area contributed by atoms with E-state index in [0.717, 1.165) is 0 Å². The lowest BCUT2D eigenvalue weighted by Gasteiger charge is -2.22. The van der Waals surface area contributed by atoms with Crippen molar-refractivity contribution in [3.63, 3.8) is 0 Å². The van der Waals surface area contributed by atoms with Gasteiger partial charge in [0.2, 0.25) is 0 Å². The smallest absolute Gasteiger partial charge is 0.254 e. The van der Waals surface area contributed by atoms with Crippen LogP contribution < -0.4 is 5.73 Å². The summed E-state index contributed by atoms with van der Waals surface area (Å²) in [5.74, 6) is 0.0269. The number of rotatable bonds is 7. The SMILES string of the molecule is CCS(=O)(=O)c1ccccc1C(=O)N(C)CCC(N)C(C)C.Cl. The zero-order valence-electron chi connectivity index (χ0n) is 14.2. The van der Waals surface area contributed by atoms with Crippen molar-refractivity contribution in [1.29, 1.82) is 0 Å². The molecule has 2 N–H and O–H groups in total. The molecule has 132 valence electrons. The molecule has 1 rings (SSSR count). The molecule has 23 heavy (non-hydrogen) atoms. The standard InChI is InChI=1S/C16H26N2O3S.ClH/c1-5-22(20,21)15-9-7-6-8-13(15)16(19)18(4)11-10-14(17)12(2)3;/h6-9,12,14H,5,10-11,17H2,1-4H3;1H. The van der Waals surface area contributed by atoms with E-state index in [-0.39, 0.29) is 40.6 Å². The molecule has 1 unspecified atom stereocenters. The number of hydrogen-bond donors (Lipinski definition) is 1. The van der Waals surface area contributed by atoms with Crippen molar-refractivity contribution in [2.24, 2.45) is 11.7 Å². The zero-order chi connectivity index (χ0) is 16.9. The number of sulfone groups is 1. The molecule has 0 bridgehead atoms. The highest BCUT2D eigenvalue weighted by Gasteiger charge is 2.23. The number of nitrogens with zero attached hydrogens (tertiary/aromatic N) is 1. The minimum atomic E-state index is -3.42. The molecule has 1 aromatic rings. The second-order valence-electron chi connectivity index (χ2n) is 5.82. The van der Waals surface area contributed by atoms with Gasteiger partial charge in [-0.25, -0.2) is 8.42 Å². The normalized spacial score (nSPS) is 12.6. The van der Waals surface area contributed by atoms with Crippen LogP contribution in [0.4, 0.5) is 0 Å². The minimum Gasteiger partial charge on any atom is -0.342 e. The summed E-state index contributed by atoms with van der Waals surface area (Å²) in [6.45, 7) is 6.14. The Hall–Kier alpha value is -1.11. The van der Waals surface area contributed by atoms with Gasteiger partial charge in [-0.15, -0.1) is 12.4 Å². The van der Waals surface area contributed by atoms with Gasteiger partial charge in [-0.3, -0.25) is 4.79 Å². The number of carbonyl (C=O) groups is 1. The topological polar surface area (TPSA) is 80.5 Å². The molecule has 0 aromatic heterocycles. The van der Waals surface area contributed by atoms with Crippen LogP contribution >= 0.6 is 12.4 Å². The van der Waals surface area contributed by atoms with E-state index in [4.69, 9.17) is 5.73 Å². The third kappa shape index (κ3) is 5.79. The Morgan fingerprint density at radius 1 is 1.26 bits per heavy atom. The Morgan fingerprint density at radius 3 is 2.35 bits per heavy atom. The van der Waals surface area contributed by atoms with Crippen molar-refractivity contribution in [3.05, 3.63) is 29.8 Å². The largest absolute Gasteiger partial charge is 0.342 e. The third-order valence-corrected chi connectivity index (χ3v) is 5.62. The van der Waals surface area contributed by atoms with Crippen molar-refractivity contribution in [2.45, 2.75) is 38.1 Å². The maximum atomic E-state index is 12.5. The van der Waals surface area contributed by atoms with Gasteiger partial charge in [0.15, 0.2) is 9.84 Å². The Labute approximate surface area is 145 Å². The highest BCUT2D eigenvalue weighted by atomic mass is 35.5. The van der Waals surface area contributed by atoms with E-state index in [9.17, 15) is 13.2 Å². The Balaban J connectivity index is 0.00000484. The van der Waals surface area contributed by atoms with Crippen molar-refractivity contribution >= 4 is 28.2 Å². The van der Waals surface area contributed by atoms with Crippen molar-refractivity contribution in [2.75, 3.05) is 19.3 Å². The van der Waals surface area contributed by atoms with E-state index >= 15 is 0 Å². The predicted octanol–water partition coefficient (Wildman–Crippen LogP) is 2.35. The first-order chi connectivity index (χ1) is 10.2. The summed E-state index contributed by atoms with van der Waals surface area (Å²) in [5.41, 5.74) is 6.22. The lowest BCUT2D eigenvalue weighted by Crippen LogP contribution is -2.35. The lowest BCUT2D eigenvalue weighted by molar-refractivity contribution is 0.0785. The molecule has 1 atom stereocenters. The van der Waals surface area contributed by atoms with Gasteiger partial charge in [-0.2, -0.15) is 0 Å². The molecule has 5 nitrogen and oxygen atoms in total. The van der Waals surface area contributed by atoms with Crippen LogP contribution in [0.15, 0.2) is 29.2 Å². The maximum Gasteiger partial charge on any atom is 0.254 e. The van der Waals surface area contributed by atoms with Crippen LogP contribution in [0.25, 0.3) is 0 Å². The average Bonchev–Trinajstić information content (AvgIpc) is 2.51. The number of benzene rings is 1. The Kier molecular flexibility index (Phi) is 8.80. The van der Waals surface area contributed by atoms with Gasteiger partial charge in [0, 0.05) is 19.6 Å². The summed E-state index contributed by atoms with van der Waals surface area (Å²) >= 11 is 0. The van der Waals surface area contributed by atoms with Crippen LogP contribution in [0.1, 0.15) is 37.6 Å². The van der Waals surface area contributed by atoms with Crippen LogP contribution in [-0.4, -0.2) is 44.6 Å². The fourth-order valence-corrected chi connectivity index (χ4v) is 3.14. The van der Waals surface area contributed by atoms with E-state index in [1.807, 2.05) is 13.8 Å². The highest BCUT2D eigenvalue weighted by molar-refractivity contribution is 7.91. The first-order valence-corrected chi connectivity index (χ1v) is 9.18. The quantitative estimate of drug-likeness (QED) is 0.807. The number of nitrogens with two attached hydrogens (primary N) is 1. The first kappa shape index (κ1) is 21.9. The van der Waals surface area contributed by atoms with Crippen LogP contribution in [0.2, 0.25) is 0 Å². The van der Waals surface area contributed by atoms with Crippen LogP contribution in [0.5, 0.6) is 0 Å². The van der Waals surface area contributed by atoms with Gasteiger partial charge >= 0.3 is 0 Å². The molecule has 0 radical (unpaired) electrons. The minimum absolute atomic E-state index is 0. The second-order valence-corrected chi connectivity index (χ2v) is 8.07. The fraction of sp³-hybridized carbons (Fsp3) is 0.562. The van der Waals surface area contributed by atoms with E-state index in [1.54, 1.807) is 32.2 Å². The number of halogens is 1. The van der Waals surface area contributed by atoms with Gasteiger partial charge < -0.3 is 10.6 Å². The van der Waals surface area contributed by atoms with Crippen molar-refractivity contribution < 1.29 is 13.2 Å². The van der Waals surface area contributed by atoms with E-state index < -0.39 is 9.84 Å². The zero-order valence-corrected chi connectivity index (χ0v) is 15.8. The summed E-state index contributed by atoms with van der Waals surface area (Å²) in [6.07, 6.45) is 0.683. The summed E-state index contributed by atoms with van der Waals surface area (Å²) in [7, 11) is -1.75. The van der Waals surface area contributed by atoms with E-state index in [2.05, 4.69) is 0 Å². The van der Waals surface area contributed by atoms with Crippen LogP contribution in [-0.2, 0) is 9.84 Å². The van der Waals surface area contributed by atoms with E-state index in [0.29, 0.717) is 18.9 Å². The summed E-state index contributed by atoms with van der Waals surface area (Å²) in [5, 5.41) is 0. The monoisotopic (exact) mass is 362 g/mol.